The van der Waals surface area contributed by atoms with Gasteiger partial charge in [-0.25, -0.2) is 0 Å². The summed E-state index contributed by atoms with van der Waals surface area (Å²) < 4.78 is 37.9. The molecule has 0 heterocycles. The van der Waals surface area contributed by atoms with Gasteiger partial charge in [-0.15, -0.1) is 0 Å². The van der Waals surface area contributed by atoms with Gasteiger partial charge in [-0.3, -0.25) is 0 Å². The largest absolute Gasteiger partial charge is 0.390 e. The fourth-order valence-electron chi connectivity index (χ4n) is 9.44. The number of halogens is 3. The highest BCUT2D eigenvalue weighted by Crippen LogP contribution is 2.69. The summed E-state index contributed by atoms with van der Waals surface area (Å²) in [7, 11) is 0. The van der Waals surface area contributed by atoms with E-state index in [1.54, 1.807) is 0 Å². The summed E-state index contributed by atoms with van der Waals surface area (Å²) in [6.07, 6.45) is 7.98. The summed E-state index contributed by atoms with van der Waals surface area (Å²) in [4.78, 5) is 0. The fraction of sp³-hybridized carbons (Fsp3) is 1.00. The van der Waals surface area contributed by atoms with Crippen LogP contribution in [-0.2, 0) is 0 Å². The SMILES string of the molecule is CC[C@]1(O)CC[C@@]2(C)C(CC[C@@H]3C2CC[C@@]2(C)C3CC[C@@H]2[C@H](C)CCCC(F)(F)F)C1. The normalized spacial score (nSPS) is 48.6. The average molecular weight is 443 g/mol. The Morgan fingerprint density at radius 2 is 1.65 bits per heavy atom. The van der Waals surface area contributed by atoms with Gasteiger partial charge in [-0.05, 0) is 117 Å². The molecule has 0 saturated heterocycles. The van der Waals surface area contributed by atoms with E-state index in [-0.39, 0.29) is 6.42 Å². The smallest absolute Gasteiger partial charge is 0.389 e. The van der Waals surface area contributed by atoms with E-state index in [1.165, 1.54) is 44.9 Å². The molecule has 180 valence electrons. The number of fused-ring (bicyclic) bond motifs is 5. The summed E-state index contributed by atoms with van der Waals surface area (Å²) in [6.45, 7) is 9.40. The molecule has 0 radical (unpaired) electrons. The molecule has 9 atom stereocenters. The van der Waals surface area contributed by atoms with Crippen LogP contribution in [0.25, 0.3) is 0 Å². The van der Waals surface area contributed by atoms with Crippen molar-refractivity contribution in [2.45, 2.75) is 123 Å². The minimum absolute atomic E-state index is 0.286. The summed E-state index contributed by atoms with van der Waals surface area (Å²) >= 11 is 0. The second-order valence-electron chi connectivity index (χ2n) is 12.7. The lowest BCUT2D eigenvalue weighted by Gasteiger charge is -2.62. The molecule has 1 N–H and O–H groups in total. The van der Waals surface area contributed by atoms with Crippen molar-refractivity contribution in [3.8, 4) is 0 Å². The molecule has 4 rings (SSSR count). The Kier molecular flexibility index (Phi) is 6.32. The topological polar surface area (TPSA) is 20.2 Å². The molecule has 0 aliphatic heterocycles. The van der Waals surface area contributed by atoms with Gasteiger partial charge in [0.25, 0.3) is 0 Å². The first-order valence-corrected chi connectivity index (χ1v) is 13.2. The van der Waals surface area contributed by atoms with E-state index in [0.717, 1.165) is 43.4 Å². The molecule has 4 heteroatoms. The van der Waals surface area contributed by atoms with Gasteiger partial charge in [0.05, 0.1) is 5.60 Å². The van der Waals surface area contributed by atoms with Crippen LogP contribution in [0.3, 0.4) is 0 Å². The van der Waals surface area contributed by atoms with E-state index in [1.807, 2.05) is 0 Å². The quantitative estimate of drug-likeness (QED) is 0.455. The summed E-state index contributed by atoms with van der Waals surface area (Å²) in [5.74, 6) is 3.98. The third-order valence-electron chi connectivity index (χ3n) is 11.4. The number of alkyl halides is 3. The minimum Gasteiger partial charge on any atom is -0.390 e. The third kappa shape index (κ3) is 4.21. The predicted molar refractivity (Wildman–Crippen MR) is 120 cm³/mol. The zero-order valence-electron chi connectivity index (χ0n) is 20.2. The summed E-state index contributed by atoms with van der Waals surface area (Å²) in [6, 6.07) is 0. The lowest BCUT2D eigenvalue weighted by Crippen LogP contribution is -2.56. The van der Waals surface area contributed by atoms with Crippen LogP contribution in [0, 0.1) is 46.3 Å². The van der Waals surface area contributed by atoms with E-state index < -0.39 is 18.2 Å². The van der Waals surface area contributed by atoms with Crippen molar-refractivity contribution in [1.29, 1.82) is 0 Å². The molecule has 4 fully saturated rings. The molecule has 0 aromatic carbocycles. The molecule has 3 unspecified atom stereocenters. The molecule has 0 aromatic heterocycles. The molecule has 0 spiro atoms. The van der Waals surface area contributed by atoms with Crippen LogP contribution in [0.4, 0.5) is 13.2 Å². The Bertz CT molecular complexity index is 647. The van der Waals surface area contributed by atoms with Crippen molar-refractivity contribution in [1.82, 2.24) is 0 Å². The second kappa shape index (κ2) is 8.20. The van der Waals surface area contributed by atoms with Crippen molar-refractivity contribution in [2.24, 2.45) is 46.3 Å². The number of hydrogen-bond acceptors (Lipinski definition) is 1. The minimum atomic E-state index is -4.02. The molecule has 31 heavy (non-hydrogen) atoms. The Balaban J connectivity index is 1.45. The van der Waals surface area contributed by atoms with Gasteiger partial charge in [0.15, 0.2) is 0 Å². The maximum absolute atomic E-state index is 12.6. The standard InChI is InChI=1S/C27H45F3O/c1-5-26(31)16-15-24(3)19(17-26)8-9-20-22-11-10-21(25(22,4)14-12-23(20)24)18(2)7-6-13-27(28,29)30/h18-23,31H,5-17H2,1-4H3/t18-,19?,20+,21-,22?,23?,24+,25-,26+/m1/s1. The molecule has 4 saturated carbocycles. The maximum Gasteiger partial charge on any atom is 0.389 e. The Hall–Kier alpha value is -0.250. The van der Waals surface area contributed by atoms with E-state index in [9.17, 15) is 18.3 Å². The van der Waals surface area contributed by atoms with Gasteiger partial charge in [-0.2, -0.15) is 13.2 Å². The van der Waals surface area contributed by atoms with Gasteiger partial charge in [-0.1, -0.05) is 34.1 Å². The molecular weight excluding hydrogens is 397 g/mol. The zero-order chi connectivity index (χ0) is 22.7. The molecule has 1 nitrogen and oxygen atoms in total. The van der Waals surface area contributed by atoms with Crippen LogP contribution in [-0.4, -0.2) is 16.9 Å². The van der Waals surface area contributed by atoms with E-state index in [0.29, 0.717) is 28.6 Å². The van der Waals surface area contributed by atoms with Gasteiger partial charge in [0, 0.05) is 6.42 Å². The van der Waals surface area contributed by atoms with Gasteiger partial charge in [0.2, 0.25) is 0 Å². The van der Waals surface area contributed by atoms with E-state index in [4.69, 9.17) is 0 Å². The third-order valence-corrected chi connectivity index (χ3v) is 11.4. The Morgan fingerprint density at radius 3 is 2.32 bits per heavy atom. The van der Waals surface area contributed by atoms with E-state index >= 15 is 0 Å². The summed E-state index contributed by atoms with van der Waals surface area (Å²) in [5, 5.41) is 11.0. The lowest BCUT2D eigenvalue weighted by molar-refractivity contribution is -0.153. The molecule has 0 aromatic rings. The number of rotatable bonds is 5. The molecular formula is C27H45F3O. The maximum atomic E-state index is 12.6. The van der Waals surface area contributed by atoms with Crippen LogP contribution >= 0.6 is 0 Å². The zero-order valence-corrected chi connectivity index (χ0v) is 20.2. The highest BCUT2D eigenvalue weighted by molar-refractivity contribution is 5.10. The van der Waals surface area contributed by atoms with E-state index in [2.05, 4.69) is 27.7 Å². The number of hydrogen-bond donors (Lipinski definition) is 1. The highest BCUT2D eigenvalue weighted by atomic mass is 19.4. The monoisotopic (exact) mass is 442 g/mol. The van der Waals surface area contributed by atoms with Gasteiger partial charge in [0.1, 0.15) is 0 Å². The first kappa shape index (κ1) is 23.9. The van der Waals surface area contributed by atoms with Crippen LogP contribution in [0.1, 0.15) is 111 Å². The molecule has 0 amide bonds. The van der Waals surface area contributed by atoms with Crippen LogP contribution in [0.2, 0.25) is 0 Å². The van der Waals surface area contributed by atoms with Crippen molar-refractivity contribution in [2.75, 3.05) is 0 Å². The van der Waals surface area contributed by atoms with Gasteiger partial charge >= 0.3 is 6.18 Å². The molecule has 4 aliphatic rings. The predicted octanol–water partition coefficient (Wildman–Crippen LogP) is 8.16. The second-order valence-corrected chi connectivity index (χ2v) is 12.7. The van der Waals surface area contributed by atoms with Crippen molar-refractivity contribution in [3.05, 3.63) is 0 Å². The molecule has 4 aliphatic carbocycles. The first-order chi connectivity index (χ1) is 14.4. The van der Waals surface area contributed by atoms with Crippen molar-refractivity contribution in [3.63, 3.8) is 0 Å². The summed E-state index contributed by atoms with van der Waals surface area (Å²) in [5.41, 5.74) is 0.257. The fourth-order valence-corrected chi connectivity index (χ4v) is 9.44. The highest BCUT2D eigenvalue weighted by Gasteiger charge is 2.61. The molecule has 0 bridgehead atoms. The average Bonchev–Trinajstić information content (AvgIpc) is 3.05. The van der Waals surface area contributed by atoms with Crippen LogP contribution < -0.4 is 0 Å². The first-order valence-electron chi connectivity index (χ1n) is 13.2. The van der Waals surface area contributed by atoms with Crippen molar-refractivity contribution >= 4 is 0 Å². The van der Waals surface area contributed by atoms with Crippen molar-refractivity contribution < 1.29 is 18.3 Å². The Labute approximate surface area is 187 Å². The Morgan fingerprint density at radius 1 is 0.935 bits per heavy atom. The number of aliphatic hydroxyl groups is 1. The van der Waals surface area contributed by atoms with Gasteiger partial charge < -0.3 is 5.11 Å². The van der Waals surface area contributed by atoms with Crippen LogP contribution in [0.15, 0.2) is 0 Å². The van der Waals surface area contributed by atoms with Crippen LogP contribution in [0.5, 0.6) is 0 Å². The lowest BCUT2D eigenvalue weighted by atomic mass is 9.43.